The highest BCUT2D eigenvalue weighted by atomic mass is 16.6. The van der Waals surface area contributed by atoms with Crippen molar-refractivity contribution in [3.63, 3.8) is 0 Å². The number of anilines is 1. The van der Waals surface area contributed by atoms with Crippen LogP contribution in [0.3, 0.4) is 0 Å². The quantitative estimate of drug-likeness (QED) is 0.579. The third-order valence-corrected chi connectivity index (χ3v) is 2.45. The average molecular weight is 222 g/mol. The van der Waals surface area contributed by atoms with Crippen LogP contribution in [0.25, 0.3) is 0 Å². The Morgan fingerprint density at radius 3 is 2.62 bits per heavy atom. The van der Waals surface area contributed by atoms with E-state index in [1.165, 1.54) is 12.1 Å². The van der Waals surface area contributed by atoms with E-state index >= 15 is 0 Å². The minimum Gasteiger partial charge on any atom is -0.488 e. The highest BCUT2D eigenvalue weighted by molar-refractivity contribution is 5.61. The fraction of sp³-hybridized carbons (Fsp3) is 0.455. The fourth-order valence-corrected chi connectivity index (χ4v) is 1.45. The van der Waals surface area contributed by atoms with Gasteiger partial charge in [0.25, 0.3) is 5.69 Å². The number of non-ortho nitro benzene ring substituents is 1. The van der Waals surface area contributed by atoms with Gasteiger partial charge in [-0.1, -0.05) is 0 Å². The van der Waals surface area contributed by atoms with Gasteiger partial charge in [0.2, 0.25) is 0 Å². The molecule has 0 aliphatic heterocycles. The summed E-state index contributed by atoms with van der Waals surface area (Å²) < 4.78 is 5.66. The maximum absolute atomic E-state index is 10.7. The molecule has 1 aromatic rings. The van der Waals surface area contributed by atoms with Crippen molar-refractivity contribution in [2.24, 2.45) is 0 Å². The van der Waals surface area contributed by atoms with Crippen molar-refractivity contribution in [2.45, 2.75) is 18.9 Å². The molecule has 16 heavy (non-hydrogen) atoms. The van der Waals surface area contributed by atoms with Crippen LogP contribution in [0, 0.1) is 10.1 Å². The molecule has 5 nitrogen and oxygen atoms in total. The van der Waals surface area contributed by atoms with Crippen molar-refractivity contribution in [1.29, 1.82) is 0 Å². The molecule has 0 amide bonds. The molecule has 1 saturated carbocycles. The minimum absolute atomic E-state index is 0.0706. The second-order valence-electron chi connectivity index (χ2n) is 4.12. The largest absolute Gasteiger partial charge is 0.488 e. The number of hydrogen-bond donors (Lipinski definition) is 0. The van der Waals surface area contributed by atoms with Crippen molar-refractivity contribution >= 4 is 11.4 Å². The molecule has 0 radical (unpaired) electrons. The Labute approximate surface area is 93.8 Å². The predicted molar refractivity (Wildman–Crippen MR) is 61.1 cm³/mol. The van der Waals surface area contributed by atoms with Crippen molar-refractivity contribution in [1.82, 2.24) is 0 Å². The van der Waals surface area contributed by atoms with E-state index in [1.54, 1.807) is 6.07 Å². The van der Waals surface area contributed by atoms with Gasteiger partial charge in [-0.3, -0.25) is 10.1 Å². The third kappa shape index (κ3) is 2.24. The van der Waals surface area contributed by atoms with E-state index in [0.29, 0.717) is 5.75 Å². The lowest BCUT2D eigenvalue weighted by molar-refractivity contribution is -0.384. The maximum atomic E-state index is 10.7. The third-order valence-electron chi connectivity index (χ3n) is 2.45. The molecule has 0 bridgehead atoms. The smallest absolute Gasteiger partial charge is 0.273 e. The van der Waals surface area contributed by atoms with Gasteiger partial charge in [-0.05, 0) is 18.9 Å². The summed E-state index contributed by atoms with van der Waals surface area (Å²) in [6.45, 7) is 0. The zero-order valence-corrected chi connectivity index (χ0v) is 9.34. The molecule has 1 fully saturated rings. The Balaban J connectivity index is 2.33. The van der Waals surface area contributed by atoms with Crippen LogP contribution in [0.4, 0.5) is 11.4 Å². The van der Waals surface area contributed by atoms with Crippen molar-refractivity contribution < 1.29 is 9.66 Å². The summed E-state index contributed by atoms with van der Waals surface area (Å²) in [6.07, 6.45) is 2.31. The highest BCUT2D eigenvalue weighted by Crippen LogP contribution is 2.35. The molecule has 2 rings (SSSR count). The summed E-state index contributed by atoms with van der Waals surface area (Å²) >= 11 is 0. The monoisotopic (exact) mass is 222 g/mol. The first-order valence-electron chi connectivity index (χ1n) is 5.20. The van der Waals surface area contributed by atoms with Gasteiger partial charge >= 0.3 is 0 Å². The first-order valence-corrected chi connectivity index (χ1v) is 5.20. The number of nitrogens with zero attached hydrogens (tertiary/aromatic N) is 2. The summed E-state index contributed by atoms with van der Waals surface area (Å²) in [4.78, 5) is 12.2. The molecular weight excluding hydrogens is 208 g/mol. The van der Waals surface area contributed by atoms with E-state index in [4.69, 9.17) is 4.74 Å². The maximum Gasteiger partial charge on any atom is 0.273 e. The van der Waals surface area contributed by atoms with Gasteiger partial charge in [-0.25, -0.2) is 0 Å². The van der Waals surface area contributed by atoms with Crippen LogP contribution in [0.5, 0.6) is 5.75 Å². The summed E-state index contributed by atoms with van der Waals surface area (Å²) in [5.41, 5.74) is 0.943. The van der Waals surface area contributed by atoms with Crippen molar-refractivity contribution in [3.8, 4) is 5.75 Å². The zero-order valence-electron chi connectivity index (χ0n) is 9.34. The topological polar surface area (TPSA) is 55.6 Å². The lowest BCUT2D eigenvalue weighted by atomic mass is 10.2. The van der Waals surface area contributed by atoms with Gasteiger partial charge < -0.3 is 9.64 Å². The zero-order chi connectivity index (χ0) is 11.7. The van der Waals surface area contributed by atoms with E-state index < -0.39 is 4.92 Å². The summed E-state index contributed by atoms with van der Waals surface area (Å²) in [6, 6.07) is 4.71. The molecule has 0 heterocycles. The Morgan fingerprint density at radius 2 is 2.12 bits per heavy atom. The molecule has 0 spiro atoms. The number of rotatable bonds is 4. The Bertz CT molecular complexity index is 414. The molecule has 1 aliphatic rings. The normalized spacial score (nSPS) is 14.6. The van der Waals surface area contributed by atoms with Crippen LogP contribution in [-0.4, -0.2) is 25.1 Å². The lowest BCUT2D eigenvalue weighted by Crippen LogP contribution is -2.11. The second-order valence-corrected chi connectivity index (χ2v) is 4.12. The van der Waals surface area contributed by atoms with Gasteiger partial charge in [-0.2, -0.15) is 0 Å². The molecule has 1 aliphatic carbocycles. The first-order chi connectivity index (χ1) is 7.58. The van der Waals surface area contributed by atoms with E-state index in [-0.39, 0.29) is 11.8 Å². The van der Waals surface area contributed by atoms with Crippen LogP contribution in [0.15, 0.2) is 18.2 Å². The number of benzene rings is 1. The molecule has 86 valence electrons. The Morgan fingerprint density at radius 1 is 1.44 bits per heavy atom. The molecule has 0 atom stereocenters. The van der Waals surface area contributed by atoms with E-state index in [0.717, 1.165) is 18.5 Å². The van der Waals surface area contributed by atoms with Crippen LogP contribution in [0.2, 0.25) is 0 Å². The summed E-state index contributed by atoms with van der Waals surface area (Å²) in [5.74, 6) is 0.599. The number of nitro groups is 1. The summed E-state index contributed by atoms with van der Waals surface area (Å²) in [5, 5.41) is 10.7. The van der Waals surface area contributed by atoms with Crippen LogP contribution < -0.4 is 9.64 Å². The number of hydrogen-bond acceptors (Lipinski definition) is 4. The van der Waals surface area contributed by atoms with Crippen LogP contribution >= 0.6 is 0 Å². The van der Waals surface area contributed by atoms with Gasteiger partial charge in [0, 0.05) is 20.2 Å². The Kier molecular flexibility index (Phi) is 2.68. The Hall–Kier alpha value is -1.78. The first kappa shape index (κ1) is 10.7. The van der Waals surface area contributed by atoms with Gasteiger partial charge in [0.15, 0.2) is 0 Å². The fourth-order valence-electron chi connectivity index (χ4n) is 1.45. The highest BCUT2D eigenvalue weighted by Gasteiger charge is 2.25. The van der Waals surface area contributed by atoms with Gasteiger partial charge in [-0.15, -0.1) is 0 Å². The standard InChI is InChI=1S/C11H14N2O3/c1-12(2)10-6-3-8(13(14)15)7-11(10)16-9-4-5-9/h3,6-7,9H,4-5H2,1-2H3. The van der Waals surface area contributed by atoms with Gasteiger partial charge in [0.05, 0.1) is 22.8 Å². The lowest BCUT2D eigenvalue weighted by Gasteiger charge is -2.17. The molecule has 0 saturated heterocycles. The average Bonchev–Trinajstić information content (AvgIpc) is 3.01. The van der Waals surface area contributed by atoms with Crippen LogP contribution in [-0.2, 0) is 0 Å². The minimum atomic E-state index is -0.404. The molecular formula is C11H14N2O3. The van der Waals surface area contributed by atoms with E-state index in [9.17, 15) is 10.1 Å². The second kappa shape index (κ2) is 4.00. The van der Waals surface area contributed by atoms with Crippen LogP contribution in [0.1, 0.15) is 12.8 Å². The van der Waals surface area contributed by atoms with Gasteiger partial charge in [0.1, 0.15) is 5.75 Å². The molecule has 5 heteroatoms. The van der Waals surface area contributed by atoms with Crippen molar-refractivity contribution in [3.05, 3.63) is 28.3 Å². The summed E-state index contributed by atoms with van der Waals surface area (Å²) in [7, 11) is 3.78. The molecule has 0 unspecified atom stereocenters. The molecule has 0 aromatic heterocycles. The number of nitro benzene ring substituents is 1. The number of ether oxygens (including phenoxy) is 1. The van der Waals surface area contributed by atoms with Crippen molar-refractivity contribution in [2.75, 3.05) is 19.0 Å². The van der Waals surface area contributed by atoms with E-state index in [1.807, 2.05) is 19.0 Å². The molecule has 0 N–H and O–H groups in total. The SMILES string of the molecule is CN(C)c1ccc([N+](=O)[O-])cc1OC1CC1. The molecule has 1 aromatic carbocycles. The predicted octanol–water partition coefficient (Wildman–Crippen LogP) is 2.20. The van der Waals surface area contributed by atoms with E-state index in [2.05, 4.69) is 0 Å².